The van der Waals surface area contributed by atoms with Crippen LogP contribution >= 0.6 is 0 Å². The summed E-state index contributed by atoms with van der Waals surface area (Å²) in [5, 5.41) is 2.94. The number of nitrogens with zero attached hydrogens (tertiary/aromatic N) is 3. The molecule has 1 fully saturated rings. The second kappa shape index (κ2) is 8.07. The van der Waals surface area contributed by atoms with Gasteiger partial charge in [0.25, 0.3) is 0 Å². The topological polar surface area (TPSA) is 67.4 Å². The molecule has 6 heteroatoms. The van der Waals surface area contributed by atoms with Crippen molar-refractivity contribution in [2.24, 2.45) is 0 Å². The van der Waals surface area contributed by atoms with Crippen molar-refractivity contribution in [1.82, 2.24) is 14.9 Å². The maximum atomic E-state index is 12.2. The van der Waals surface area contributed by atoms with E-state index in [4.69, 9.17) is 4.74 Å². The number of benzene rings is 1. The van der Waals surface area contributed by atoms with Crippen LogP contribution in [-0.4, -0.2) is 46.5 Å². The van der Waals surface area contributed by atoms with Crippen molar-refractivity contribution >= 4 is 11.6 Å². The predicted molar refractivity (Wildman–Crippen MR) is 96.7 cm³/mol. The van der Waals surface area contributed by atoms with Crippen LogP contribution < -0.4 is 10.1 Å². The third-order valence-corrected chi connectivity index (χ3v) is 4.26. The molecule has 0 spiro atoms. The van der Waals surface area contributed by atoms with Gasteiger partial charge in [-0.1, -0.05) is 17.7 Å². The van der Waals surface area contributed by atoms with Crippen molar-refractivity contribution in [1.29, 1.82) is 0 Å². The van der Waals surface area contributed by atoms with Gasteiger partial charge in [0.1, 0.15) is 6.10 Å². The fourth-order valence-electron chi connectivity index (χ4n) is 2.89. The summed E-state index contributed by atoms with van der Waals surface area (Å²) in [6, 6.07) is 7.84. The van der Waals surface area contributed by atoms with Gasteiger partial charge in [0, 0.05) is 25.0 Å². The molecule has 0 bridgehead atoms. The first-order valence-corrected chi connectivity index (χ1v) is 8.63. The Morgan fingerprint density at radius 2 is 1.92 bits per heavy atom. The Kier molecular flexibility index (Phi) is 5.60. The number of likely N-dealkylation sites (tertiary alicyclic amines) is 1. The quantitative estimate of drug-likeness (QED) is 0.906. The number of ether oxygens (including phenoxy) is 1. The van der Waals surface area contributed by atoms with Gasteiger partial charge in [0.2, 0.25) is 11.8 Å². The molecule has 1 amide bonds. The minimum Gasteiger partial charge on any atom is -0.473 e. The van der Waals surface area contributed by atoms with Gasteiger partial charge in [-0.05, 0) is 38.8 Å². The second-order valence-corrected chi connectivity index (χ2v) is 6.51. The molecule has 0 radical (unpaired) electrons. The Bertz CT molecular complexity index is 710. The molecule has 25 heavy (non-hydrogen) atoms. The molecular weight excluding hydrogens is 316 g/mol. The number of hydrogen-bond donors (Lipinski definition) is 1. The Balaban J connectivity index is 1.42. The molecule has 1 N–H and O–H groups in total. The smallest absolute Gasteiger partial charge is 0.238 e. The van der Waals surface area contributed by atoms with Gasteiger partial charge < -0.3 is 10.1 Å². The van der Waals surface area contributed by atoms with Gasteiger partial charge in [0.15, 0.2) is 0 Å². The number of amides is 1. The number of piperidine rings is 1. The normalized spacial score (nSPS) is 15.8. The summed E-state index contributed by atoms with van der Waals surface area (Å²) in [6.45, 7) is 6.01. The molecule has 6 nitrogen and oxygen atoms in total. The van der Waals surface area contributed by atoms with Gasteiger partial charge in [0.05, 0.1) is 18.4 Å². The zero-order chi connectivity index (χ0) is 17.6. The van der Waals surface area contributed by atoms with Crippen LogP contribution in [0.3, 0.4) is 0 Å². The summed E-state index contributed by atoms with van der Waals surface area (Å²) in [5.74, 6) is 0.600. The average Bonchev–Trinajstić information content (AvgIpc) is 2.59. The van der Waals surface area contributed by atoms with E-state index in [2.05, 4.69) is 20.2 Å². The third kappa shape index (κ3) is 5.26. The van der Waals surface area contributed by atoms with Crippen LogP contribution in [0.15, 0.2) is 36.7 Å². The van der Waals surface area contributed by atoms with Gasteiger partial charge >= 0.3 is 0 Å². The van der Waals surface area contributed by atoms with Crippen LogP contribution in [0, 0.1) is 13.8 Å². The summed E-state index contributed by atoms with van der Waals surface area (Å²) in [5.41, 5.74) is 2.87. The number of hydrogen-bond acceptors (Lipinski definition) is 5. The Labute approximate surface area is 148 Å². The molecule has 1 saturated heterocycles. The van der Waals surface area contributed by atoms with Crippen molar-refractivity contribution in [3.8, 4) is 5.88 Å². The number of carbonyl (C=O) groups excluding carboxylic acids is 1. The first kappa shape index (κ1) is 17.4. The standard InChI is InChI=1S/C19H24N4O2/c1-14-3-5-16(6-4-14)22-18(24)13-23-9-7-17(8-10-23)25-19-12-20-11-15(2)21-19/h3-6,11-12,17H,7-10,13H2,1-2H3,(H,22,24). The second-order valence-electron chi connectivity index (χ2n) is 6.51. The lowest BCUT2D eigenvalue weighted by Gasteiger charge is -2.31. The Morgan fingerprint density at radius 1 is 1.20 bits per heavy atom. The lowest BCUT2D eigenvalue weighted by Crippen LogP contribution is -2.42. The van der Waals surface area contributed by atoms with Gasteiger partial charge in [-0.25, -0.2) is 4.98 Å². The molecule has 1 aliphatic heterocycles. The van der Waals surface area contributed by atoms with Crippen LogP contribution in [0.5, 0.6) is 5.88 Å². The van der Waals surface area contributed by atoms with Crippen LogP contribution in [-0.2, 0) is 4.79 Å². The highest BCUT2D eigenvalue weighted by molar-refractivity contribution is 5.92. The number of nitrogens with one attached hydrogen (secondary N) is 1. The summed E-state index contributed by atoms with van der Waals surface area (Å²) >= 11 is 0. The lowest BCUT2D eigenvalue weighted by molar-refractivity contribution is -0.117. The molecule has 0 atom stereocenters. The molecule has 0 unspecified atom stereocenters. The molecule has 0 saturated carbocycles. The highest BCUT2D eigenvalue weighted by atomic mass is 16.5. The van der Waals surface area contributed by atoms with E-state index in [9.17, 15) is 4.79 Å². The summed E-state index contributed by atoms with van der Waals surface area (Å²) < 4.78 is 5.90. The van der Waals surface area contributed by atoms with Crippen molar-refractivity contribution in [3.05, 3.63) is 47.9 Å². The molecule has 1 aromatic heterocycles. The van der Waals surface area contributed by atoms with Crippen LogP contribution in [0.25, 0.3) is 0 Å². The highest BCUT2D eigenvalue weighted by Crippen LogP contribution is 2.17. The van der Waals surface area contributed by atoms with E-state index >= 15 is 0 Å². The number of anilines is 1. The molecule has 2 aromatic rings. The van der Waals surface area contributed by atoms with Crippen LogP contribution in [0.4, 0.5) is 5.69 Å². The number of carbonyl (C=O) groups is 1. The number of rotatable bonds is 5. The molecule has 0 aliphatic carbocycles. The first-order chi connectivity index (χ1) is 12.1. The molecule has 2 heterocycles. The minimum absolute atomic E-state index is 0.0211. The maximum Gasteiger partial charge on any atom is 0.238 e. The number of aryl methyl sites for hydroxylation is 2. The first-order valence-electron chi connectivity index (χ1n) is 8.63. The summed E-state index contributed by atoms with van der Waals surface area (Å²) in [6.07, 6.45) is 5.25. The zero-order valence-corrected chi connectivity index (χ0v) is 14.7. The highest BCUT2D eigenvalue weighted by Gasteiger charge is 2.22. The van der Waals surface area contributed by atoms with E-state index in [0.717, 1.165) is 37.3 Å². The van der Waals surface area contributed by atoms with E-state index in [0.29, 0.717) is 12.4 Å². The zero-order valence-electron chi connectivity index (χ0n) is 14.7. The summed E-state index contributed by atoms with van der Waals surface area (Å²) in [7, 11) is 0. The van der Waals surface area contributed by atoms with Crippen molar-refractivity contribution in [2.75, 3.05) is 25.0 Å². The van der Waals surface area contributed by atoms with Crippen LogP contribution in [0.2, 0.25) is 0 Å². The predicted octanol–water partition coefficient (Wildman–Crippen LogP) is 2.58. The SMILES string of the molecule is Cc1ccc(NC(=O)CN2CCC(Oc3cncc(C)n3)CC2)cc1. The monoisotopic (exact) mass is 340 g/mol. The van der Waals surface area contributed by atoms with Crippen molar-refractivity contribution < 1.29 is 9.53 Å². The number of aromatic nitrogens is 2. The Hall–Kier alpha value is -2.47. The molecule has 132 valence electrons. The van der Waals surface area contributed by atoms with E-state index in [-0.39, 0.29) is 12.0 Å². The fraction of sp³-hybridized carbons (Fsp3) is 0.421. The maximum absolute atomic E-state index is 12.2. The Morgan fingerprint density at radius 3 is 2.60 bits per heavy atom. The van der Waals surface area contributed by atoms with Gasteiger partial charge in [-0.2, -0.15) is 0 Å². The minimum atomic E-state index is 0.0211. The van der Waals surface area contributed by atoms with Gasteiger partial charge in [-0.3, -0.25) is 14.7 Å². The van der Waals surface area contributed by atoms with Gasteiger partial charge in [-0.15, -0.1) is 0 Å². The largest absolute Gasteiger partial charge is 0.473 e. The molecule has 1 aliphatic rings. The lowest BCUT2D eigenvalue weighted by atomic mass is 10.1. The molecule has 3 rings (SSSR count). The van der Waals surface area contributed by atoms with Crippen LogP contribution in [0.1, 0.15) is 24.1 Å². The third-order valence-electron chi connectivity index (χ3n) is 4.26. The van der Waals surface area contributed by atoms with Crippen molar-refractivity contribution in [3.63, 3.8) is 0 Å². The van der Waals surface area contributed by atoms with E-state index in [1.54, 1.807) is 12.4 Å². The summed E-state index contributed by atoms with van der Waals surface area (Å²) in [4.78, 5) is 22.8. The van der Waals surface area contributed by atoms with E-state index < -0.39 is 0 Å². The van der Waals surface area contributed by atoms with E-state index in [1.807, 2.05) is 38.1 Å². The molecule has 1 aromatic carbocycles. The van der Waals surface area contributed by atoms with Crippen molar-refractivity contribution in [2.45, 2.75) is 32.8 Å². The fourth-order valence-corrected chi connectivity index (χ4v) is 2.89. The molecular formula is C19H24N4O2. The average molecular weight is 340 g/mol. The van der Waals surface area contributed by atoms with E-state index in [1.165, 1.54) is 5.56 Å².